The van der Waals surface area contributed by atoms with Gasteiger partial charge >= 0.3 is 0 Å². The molecule has 0 spiro atoms. The molecule has 7 heteroatoms. The van der Waals surface area contributed by atoms with E-state index in [1.54, 1.807) is 17.1 Å². The highest BCUT2D eigenvalue weighted by Crippen LogP contribution is 2.19. The van der Waals surface area contributed by atoms with Crippen LogP contribution in [0.25, 0.3) is 5.69 Å². The van der Waals surface area contributed by atoms with E-state index >= 15 is 0 Å². The highest BCUT2D eigenvalue weighted by molar-refractivity contribution is 5.34. The van der Waals surface area contributed by atoms with Gasteiger partial charge in [-0.25, -0.2) is 13.5 Å². The summed E-state index contributed by atoms with van der Waals surface area (Å²) in [5.41, 5.74) is 2.26. The van der Waals surface area contributed by atoms with Crippen LogP contribution in [-0.2, 0) is 0 Å². The molecule has 1 aromatic heterocycles. The van der Waals surface area contributed by atoms with Crippen molar-refractivity contribution in [1.82, 2.24) is 20.3 Å². The Bertz CT molecular complexity index is 822. The van der Waals surface area contributed by atoms with Crippen LogP contribution in [0.4, 0.5) is 8.78 Å². The van der Waals surface area contributed by atoms with Crippen molar-refractivity contribution in [2.24, 2.45) is 0 Å². The first-order valence-electron chi connectivity index (χ1n) is 7.87. The van der Waals surface area contributed by atoms with Crippen LogP contribution in [0.1, 0.15) is 30.2 Å². The molecule has 0 fully saturated rings. The Morgan fingerprint density at radius 2 is 1.80 bits per heavy atom. The average Bonchev–Trinajstić information content (AvgIpc) is 3.16. The van der Waals surface area contributed by atoms with Crippen molar-refractivity contribution in [1.29, 1.82) is 0 Å². The van der Waals surface area contributed by atoms with Gasteiger partial charge in [-0.05, 0) is 42.3 Å². The summed E-state index contributed by atoms with van der Waals surface area (Å²) in [6.07, 6.45) is 2.44. The van der Waals surface area contributed by atoms with Crippen LogP contribution in [0.15, 0.2) is 54.9 Å². The van der Waals surface area contributed by atoms with Crippen LogP contribution in [0.5, 0.6) is 0 Å². The Labute approximate surface area is 143 Å². The summed E-state index contributed by atoms with van der Waals surface area (Å²) in [6, 6.07) is 11.1. The molecule has 130 valence electrons. The molecule has 0 aliphatic rings. The number of aromatic nitrogens is 3. The number of aliphatic hydroxyl groups is 1. The summed E-state index contributed by atoms with van der Waals surface area (Å²) < 4.78 is 27.9. The number of halogens is 2. The smallest absolute Gasteiger partial charge is 0.159 e. The molecule has 2 N–H and O–H groups in total. The fourth-order valence-corrected chi connectivity index (χ4v) is 2.51. The molecule has 0 aliphatic carbocycles. The summed E-state index contributed by atoms with van der Waals surface area (Å²) in [6.45, 7) is 2.18. The number of nitrogens with zero attached hydrogens (tertiary/aromatic N) is 3. The number of nitrogens with one attached hydrogen (secondary N) is 1. The lowest BCUT2D eigenvalue weighted by Crippen LogP contribution is -2.24. The largest absolute Gasteiger partial charge is 0.387 e. The number of hydrogen-bond donors (Lipinski definition) is 2. The van der Waals surface area contributed by atoms with Gasteiger partial charge in [0.25, 0.3) is 0 Å². The van der Waals surface area contributed by atoms with Crippen molar-refractivity contribution >= 4 is 0 Å². The lowest BCUT2D eigenvalue weighted by atomic mass is 10.1. The monoisotopic (exact) mass is 344 g/mol. The maximum atomic E-state index is 13.2. The van der Waals surface area contributed by atoms with E-state index in [2.05, 4.69) is 15.6 Å². The van der Waals surface area contributed by atoms with E-state index in [9.17, 15) is 13.9 Å². The molecule has 5 nitrogen and oxygen atoms in total. The average molecular weight is 344 g/mol. The summed E-state index contributed by atoms with van der Waals surface area (Å²) in [7, 11) is 0. The number of benzene rings is 2. The molecule has 2 atom stereocenters. The lowest BCUT2D eigenvalue weighted by Gasteiger charge is -2.18. The summed E-state index contributed by atoms with van der Waals surface area (Å²) in [5.74, 6) is -1.89. The molecular formula is C18H18F2N4O. The Morgan fingerprint density at radius 3 is 2.44 bits per heavy atom. The molecule has 25 heavy (non-hydrogen) atoms. The third-order valence-corrected chi connectivity index (χ3v) is 4.03. The predicted octanol–water partition coefficient (Wildman–Crippen LogP) is 2.93. The fraction of sp³-hybridized carbons (Fsp3) is 0.222. The lowest BCUT2D eigenvalue weighted by molar-refractivity contribution is 0.170. The molecule has 0 saturated carbocycles. The second kappa shape index (κ2) is 7.50. The first-order valence-corrected chi connectivity index (χ1v) is 7.87. The summed E-state index contributed by atoms with van der Waals surface area (Å²) in [5, 5.41) is 21.0. The predicted molar refractivity (Wildman–Crippen MR) is 89.1 cm³/mol. The van der Waals surface area contributed by atoms with Crippen LogP contribution in [0.2, 0.25) is 0 Å². The van der Waals surface area contributed by atoms with Crippen molar-refractivity contribution in [2.45, 2.75) is 19.1 Å². The first kappa shape index (κ1) is 17.2. The topological polar surface area (TPSA) is 63.0 Å². The van der Waals surface area contributed by atoms with Gasteiger partial charge in [-0.2, -0.15) is 0 Å². The van der Waals surface area contributed by atoms with Gasteiger partial charge in [0, 0.05) is 12.6 Å². The van der Waals surface area contributed by atoms with Gasteiger partial charge in [0.2, 0.25) is 0 Å². The third kappa shape index (κ3) is 4.07. The van der Waals surface area contributed by atoms with Crippen molar-refractivity contribution in [3.63, 3.8) is 0 Å². The van der Waals surface area contributed by atoms with Crippen LogP contribution < -0.4 is 5.32 Å². The van der Waals surface area contributed by atoms with Gasteiger partial charge in [-0.1, -0.05) is 23.4 Å². The Hall–Kier alpha value is -2.64. The second-order valence-electron chi connectivity index (χ2n) is 5.76. The first-order chi connectivity index (χ1) is 12.0. The van der Waals surface area contributed by atoms with E-state index < -0.39 is 17.7 Å². The van der Waals surface area contributed by atoms with Gasteiger partial charge in [0.05, 0.1) is 24.2 Å². The van der Waals surface area contributed by atoms with Gasteiger partial charge in [0.15, 0.2) is 11.6 Å². The second-order valence-corrected chi connectivity index (χ2v) is 5.76. The van der Waals surface area contributed by atoms with Crippen LogP contribution in [0, 0.1) is 11.6 Å². The molecule has 0 amide bonds. The number of aliphatic hydroxyl groups excluding tert-OH is 1. The molecule has 0 bridgehead atoms. The molecule has 0 radical (unpaired) electrons. The zero-order chi connectivity index (χ0) is 17.8. The molecule has 3 aromatic rings. The minimum absolute atomic E-state index is 0.0234. The van der Waals surface area contributed by atoms with E-state index in [1.807, 2.05) is 31.2 Å². The van der Waals surface area contributed by atoms with Gasteiger partial charge in [0.1, 0.15) is 0 Å². The summed E-state index contributed by atoms with van der Waals surface area (Å²) >= 11 is 0. The maximum absolute atomic E-state index is 13.2. The van der Waals surface area contributed by atoms with Gasteiger partial charge < -0.3 is 10.4 Å². The molecule has 0 saturated heterocycles. The van der Waals surface area contributed by atoms with Crippen LogP contribution in [0.3, 0.4) is 0 Å². The fourth-order valence-electron chi connectivity index (χ4n) is 2.51. The van der Waals surface area contributed by atoms with Crippen LogP contribution >= 0.6 is 0 Å². The van der Waals surface area contributed by atoms with E-state index in [0.29, 0.717) is 5.56 Å². The highest BCUT2D eigenvalue weighted by atomic mass is 19.2. The van der Waals surface area contributed by atoms with Gasteiger partial charge in [-0.15, -0.1) is 5.10 Å². The van der Waals surface area contributed by atoms with Crippen molar-refractivity contribution < 1.29 is 13.9 Å². The quantitative estimate of drug-likeness (QED) is 0.722. The SMILES string of the molecule is CC(NCC(O)c1ccc(F)c(F)c1)c1ccc(-n2ccnn2)cc1. The maximum Gasteiger partial charge on any atom is 0.159 e. The highest BCUT2D eigenvalue weighted by Gasteiger charge is 2.13. The normalized spacial score (nSPS) is 13.6. The molecule has 2 unspecified atom stereocenters. The van der Waals surface area contributed by atoms with E-state index in [1.165, 1.54) is 6.07 Å². The number of rotatable bonds is 6. The molecular weight excluding hydrogens is 326 g/mol. The minimum Gasteiger partial charge on any atom is -0.387 e. The van der Waals surface area contributed by atoms with Crippen molar-refractivity contribution in [3.8, 4) is 5.69 Å². The molecule has 2 aromatic carbocycles. The Morgan fingerprint density at radius 1 is 1.08 bits per heavy atom. The molecule has 0 aliphatic heterocycles. The third-order valence-electron chi connectivity index (χ3n) is 4.03. The van der Waals surface area contributed by atoms with Crippen LogP contribution in [-0.4, -0.2) is 26.6 Å². The van der Waals surface area contributed by atoms with Crippen molar-refractivity contribution in [2.75, 3.05) is 6.54 Å². The van der Waals surface area contributed by atoms with E-state index in [0.717, 1.165) is 23.4 Å². The minimum atomic E-state index is -0.965. The summed E-state index contributed by atoms with van der Waals surface area (Å²) in [4.78, 5) is 0. The molecule has 3 rings (SSSR count). The zero-order valence-electron chi connectivity index (χ0n) is 13.6. The van der Waals surface area contributed by atoms with Gasteiger partial charge in [-0.3, -0.25) is 0 Å². The molecule has 1 heterocycles. The zero-order valence-corrected chi connectivity index (χ0v) is 13.6. The Kier molecular flexibility index (Phi) is 5.16. The van der Waals surface area contributed by atoms with Crippen molar-refractivity contribution in [3.05, 3.63) is 77.6 Å². The van der Waals surface area contributed by atoms with E-state index in [-0.39, 0.29) is 12.6 Å². The van der Waals surface area contributed by atoms with E-state index in [4.69, 9.17) is 0 Å². The Balaban J connectivity index is 1.60. The standard InChI is InChI=1S/C18H18F2N4O/c1-12(13-2-5-15(6-3-13)24-9-8-22-23-24)21-11-18(25)14-4-7-16(19)17(20)10-14/h2-10,12,18,21,25H,11H2,1H3. The number of hydrogen-bond acceptors (Lipinski definition) is 4.